The molecule has 0 unspecified atom stereocenters. The summed E-state index contributed by atoms with van der Waals surface area (Å²) in [5.41, 5.74) is 1.10. The monoisotopic (exact) mass is 423 g/mol. The second kappa shape index (κ2) is 6.05. The summed E-state index contributed by atoms with van der Waals surface area (Å²) in [5, 5.41) is 1.95. The number of sulfonamides is 1. The molecule has 0 amide bonds. The fourth-order valence-electron chi connectivity index (χ4n) is 1.51. The molecule has 0 bridgehead atoms. The van der Waals surface area contributed by atoms with Gasteiger partial charge in [0, 0.05) is 20.4 Å². The smallest absolute Gasteiger partial charge is 0.207 e. The summed E-state index contributed by atoms with van der Waals surface area (Å²) < 4.78 is 28.4. The van der Waals surface area contributed by atoms with Crippen LogP contribution in [0, 0.1) is 6.92 Å². The van der Waals surface area contributed by atoms with E-state index in [9.17, 15) is 8.42 Å². The number of thiophene rings is 1. The van der Waals surface area contributed by atoms with Crippen molar-refractivity contribution in [3.05, 3.63) is 49.0 Å². The predicted octanol–water partition coefficient (Wildman–Crippen LogP) is 4.06. The molecule has 0 spiro atoms. The lowest BCUT2D eigenvalue weighted by molar-refractivity contribution is 0.581. The fraction of sp³-hybridized carbons (Fsp3) is 0.167. The van der Waals surface area contributed by atoms with Gasteiger partial charge in [-0.1, -0.05) is 15.9 Å². The van der Waals surface area contributed by atoms with Crippen LogP contribution in [0.25, 0.3) is 0 Å². The second-order valence-electron chi connectivity index (χ2n) is 3.93. The lowest BCUT2D eigenvalue weighted by Gasteiger charge is -2.08. The highest BCUT2D eigenvalue weighted by Gasteiger charge is 2.18. The summed E-state index contributed by atoms with van der Waals surface area (Å²) in [6.07, 6.45) is 0. The molecule has 2 aromatic rings. The van der Waals surface area contributed by atoms with Crippen molar-refractivity contribution in [2.24, 2.45) is 0 Å². The van der Waals surface area contributed by atoms with Crippen LogP contribution in [0.1, 0.15) is 10.4 Å². The molecule has 19 heavy (non-hydrogen) atoms. The van der Waals surface area contributed by atoms with Gasteiger partial charge >= 0.3 is 0 Å². The summed E-state index contributed by atoms with van der Waals surface area (Å²) in [6, 6.07) is 7.04. The van der Waals surface area contributed by atoms with Gasteiger partial charge in [0.2, 0.25) is 10.0 Å². The van der Waals surface area contributed by atoms with Gasteiger partial charge in [-0.05, 0) is 58.1 Å². The number of halogens is 2. The highest BCUT2D eigenvalue weighted by molar-refractivity contribution is 9.11. The molecule has 1 aromatic carbocycles. The van der Waals surface area contributed by atoms with E-state index < -0.39 is 10.0 Å². The van der Waals surface area contributed by atoms with E-state index in [-0.39, 0.29) is 4.90 Å². The number of hydrogen-bond acceptors (Lipinski definition) is 3. The minimum Gasteiger partial charge on any atom is -0.207 e. The molecule has 0 atom stereocenters. The molecule has 1 N–H and O–H groups in total. The third-order valence-electron chi connectivity index (χ3n) is 2.57. The molecule has 0 radical (unpaired) electrons. The third kappa shape index (κ3) is 3.66. The number of nitrogens with one attached hydrogen (secondary N) is 1. The Morgan fingerprint density at radius 2 is 2.00 bits per heavy atom. The Hall–Kier alpha value is -0.210. The molecule has 0 aliphatic heterocycles. The molecule has 2 rings (SSSR count). The molecule has 0 fully saturated rings. The minimum atomic E-state index is -3.53. The summed E-state index contributed by atoms with van der Waals surface area (Å²) >= 11 is 8.09. The summed E-state index contributed by atoms with van der Waals surface area (Å²) in [5.74, 6) is 0. The van der Waals surface area contributed by atoms with E-state index in [1.165, 1.54) is 0 Å². The maximum atomic E-state index is 12.3. The van der Waals surface area contributed by atoms with E-state index in [4.69, 9.17) is 0 Å². The van der Waals surface area contributed by atoms with Crippen molar-refractivity contribution in [3.8, 4) is 0 Å². The van der Waals surface area contributed by atoms with E-state index in [0.717, 1.165) is 14.9 Å². The first kappa shape index (κ1) is 15.2. The van der Waals surface area contributed by atoms with Crippen LogP contribution in [0.5, 0.6) is 0 Å². The average molecular weight is 425 g/mol. The molecule has 0 saturated heterocycles. The van der Waals surface area contributed by atoms with Gasteiger partial charge < -0.3 is 0 Å². The summed E-state index contributed by atoms with van der Waals surface area (Å²) in [7, 11) is -3.53. The van der Waals surface area contributed by atoms with E-state index in [1.807, 2.05) is 18.4 Å². The maximum Gasteiger partial charge on any atom is 0.242 e. The number of hydrogen-bond donors (Lipinski definition) is 1. The van der Waals surface area contributed by atoms with Gasteiger partial charge in [-0.15, -0.1) is 11.3 Å². The Balaban J connectivity index is 2.23. The average Bonchev–Trinajstić information content (AvgIpc) is 2.75. The van der Waals surface area contributed by atoms with E-state index in [1.54, 1.807) is 29.5 Å². The van der Waals surface area contributed by atoms with Crippen LogP contribution in [0.4, 0.5) is 0 Å². The Morgan fingerprint density at radius 1 is 1.26 bits per heavy atom. The second-order valence-corrected chi connectivity index (χ2v) is 8.43. The van der Waals surface area contributed by atoms with E-state index in [0.29, 0.717) is 11.0 Å². The SMILES string of the molecule is Cc1ccsc1CNS(=O)(=O)c1cc(Br)ccc1Br. The van der Waals surface area contributed by atoms with Crippen LogP contribution in [-0.2, 0) is 16.6 Å². The normalized spacial score (nSPS) is 11.7. The van der Waals surface area contributed by atoms with Crippen molar-refractivity contribution in [3.63, 3.8) is 0 Å². The lowest BCUT2D eigenvalue weighted by atomic mass is 10.3. The Morgan fingerprint density at radius 3 is 2.63 bits per heavy atom. The van der Waals surface area contributed by atoms with Crippen LogP contribution < -0.4 is 4.72 Å². The summed E-state index contributed by atoms with van der Waals surface area (Å²) in [6.45, 7) is 2.28. The first-order chi connectivity index (χ1) is 8.90. The molecule has 0 aliphatic rings. The highest BCUT2D eigenvalue weighted by atomic mass is 79.9. The van der Waals surface area contributed by atoms with Crippen molar-refractivity contribution in [1.82, 2.24) is 4.72 Å². The molecule has 102 valence electrons. The van der Waals surface area contributed by atoms with Crippen molar-refractivity contribution in [2.75, 3.05) is 0 Å². The molecule has 0 saturated carbocycles. The minimum absolute atomic E-state index is 0.232. The zero-order valence-corrected chi connectivity index (χ0v) is 14.8. The molecule has 1 aromatic heterocycles. The first-order valence-electron chi connectivity index (χ1n) is 5.38. The molecular formula is C12H11Br2NO2S2. The Labute approximate surface area is 133 Å². The van der Waals surface area contributed by atoms with Crippen molar-refractivity contribution < 1.29 is 8.42 Å². The molecule has 1 heterocycles. The Bertz CT molecular complexity index is 696. The standard InChI is InChI=1S/C12H11Br2NO2S2/c1-8-4-5-18-11(8)7-15-19(16,17)12-6-9(13)2-3-10(12)14/h2-6,15H,7H2,1H3. The van der Waals surface area contributed by atoms with Crippen molar-refractivity contribution >= 4 is 53.2 Å². The topological polar surface area (TPSA) is 46.2 Å². The van der Waals surface area contributed by atoms with Gasteiger partial charge in [-0.2, -0.15) is 0 Å². The number of aryl methyl sites for hydroxylation is 1. The lowest BCUT2D eigenvalue weighted by Crippen LogP contribution is -2.23. The number of benzene rings is 1. The van der Waals surface area contributed by atoms with Crippen LogP contribution in [0.3, 0.4) is 0 Å². The van der Waals surface area contributed by atoms with Gasteiger partial charge in [0.05, 0.1) is 4.90 Å². The van der Waals surface area contributed by atoms with Crippen molar-refractivity contribution in [2.45, 2.75) is 18.4 Å². The molecular weight excluding hydrogens is 414 g/mol. The van der Waals surface area contributed by atoms with Crippen LogP contribution in [0.2, 0.25) is 0 Å². The largest absolute Gasteiger partial charge is 0.242 e. The molecule has 3 nitrogen and oxygen atoms in total. The first-order valence-corrected chi connectivity index (χ1v) is 9.33. The fourth-order valence-corrected chi connectivity index (χ4v) is 4.94. The van der Waals surface area contributed by atoms with Crippen molar-refractivity contribution in [1.29, 1.82) is 0 Å². The van der Waals surface area contributed by atoms with E-state index in [2.05, 4.69) is 36.6 Å². The van der Waals surface area contributed by atoms with Crippen LogP contribution in [-0.4, -0.2) is 8.42 Å². The molecule has 7 heteroatoms. The molecule has 0 aliphatic carbocycles. The van der Waals surface area contributed by atoms with Gasteiger partial charge in [-0.25, -0.2) is 13.1 Å². The quantitative estimate of drug-likeness (QED) is 0.804. The predicted molar refractivity (Wildman–Crippen MR) is 84.9 cm³/mol. The van der Waals surface area contributed by atoms with Gasteiger partial charge in [0.25, 0.3) is 0 Å². The van der Waals surface area contributed by atoms with Crippen LogP contribution in [0.15, 0.2) is 43.5 Å². The highest BCUT2D eigenvalue weighted by Crippen LogP contribution is 2.26. The summed E-state index contributed by atoms with van der Waals surface area (Å²) in [4.78, 5) is 1.26. The van der Waals surface area contributed by atoms with Crippen LogP contribution >= 0.6 is 43.2 Å². The van der Waals surface area contributed by atoms with Gasteiger partial charge in [0.15, 0.2) is 0 Å². The zero-order chi connectivity index (χ0) is 14.0. The van der Waals surface area contributed by atoms with E-state index >= 15 is 0 Å². The maximum absolute atomic E-state index is 12.3. The van der Waals surface area contributed by atoms with Gasteiger partial charge in [0.1, 0.15) is 0 Å². The van der Waals surface area contributed by atoms with Gasteiger partial charge in [-0.3, -0.25) is 0 Å². The Kier molecular flexibility index (Phi) is 4.84. The number of rotatable bonds is 4. The third-order valence-corrected chi connectivity index (χ3v) is 6.49. The zero-order valence-electron chi connectivity index (χ0n) is 9.98.